The first-order valence-electron chi connectivity index (χ1n) is 9.33. The molecule has 1 N–H and O–H groups in total. The van der Waals surface area contributed by atoms with E-state index in [9.17, 15) is 26.4 Å². The molecule has 0 saturated carbocycles. The molecule has 2 aromatic rings. The first kappa shape index (κ1) is 22.1. The second-order valence-corrected chi connectivity index (χ2v) is 9.96. The highest BCUT2D eigenvalue weighted by Gasteiger charge is 2.41. The number of carbonyl (C=O) groups excluding carboxylic acids is 1. The van der Waals surface area contributed by atoms with E-state index < -0.39 is 34.1 Å². The lowest BCUT2D eigenvalue weighted by Crippen LogP contribution is -2.46. The van der Waals surface area contributed by atoms with Gasteiger partial charge in [-0.3, -0.25) is 9.52 Å². The predicted octanol–water partition coefficient (Wildman–Crippen LogP) is 4.51. The van der Waals surface area contributed by atoms with Crippen molar-refractivity contribution in [1.82, 2.24) is 0 Å². The Morgan fingerprint density at radius 2 is 1.73 bits per heavy atom. The van der Waals surface area contributed by atoms with Crippen LogP contribution in [0.3, 0.4) is 0 Å². The van der Waals surface area contributed by atoms with E-state index in [-0.39, 0.29) is 23.5 Å². The number of hydrogen-bond donors (Lipinski definition) is 1. The fourth-order valence-corrected chi connectivity index (χ4v) is 4.74. The molecule has 0 saturated heterocycles. The van der Waals surface area contributed by atoms with Crippen LogP contribution < -0.4 is 9.62 Å². The predicted molar refractivity (Wildman–Crippen MR) is 110 cm³/mol. The van der Waals surface area contributed by atoms with Crippen molar-refractivity contribution in [3.05, 3.63) is 59.2 Å². The summed E-state index contributed by atoms with van der Waals surface area (Å²) in [5.74, 6) is -0.843. The zero-order valence-electron chi connectivity index (χ0n) is 16.9. The standard InChI is InChI=1S/C21H23F3N2O3S/c1-14-4-6-15(7-5-14)12-30(28,29)25-16-8-9-18-17(10-16)20(2,3)11-19(27)26(18)13-21(22,23)24/h4-10,25H,11-13H2,1-3H3. The van der Waals surface area contributed by atoms with E-state index in [4.69, 9.17) is 0 Å². The molecule has 9 heteroatoms. The summed E-state index contributed by atoms with van der Waals surface area (Å²) in [4.78, 5) is 13.0. The number of halogens is 3. The fraction of sp³-hybridized carbons (Fsp3) is 0.381. The quantitative estimate of drug-likeness (QED) is 0.744. The molecule has 0 unspecified atom stereocenters. The molecule has 162 valence electrons. The molecular weight excluding hydrogens is 417 g/mol. The minimum atomic E-state index is -4.54. The van der Waals surface area contributed by atoms with Gasteiger partial charge in [0.25, 0.3) is 0 Å². The lowest BCUT2D eigenvalue weighted by atomic mass is 9.77. The topological polar surface area (TPSA) is 66.5 Å². The Bertz CT molecular complexity index is 1060. The summed E-state index contributed by atoms with van der Waals surface area (Å²) in [6.45, 7) is 4.02. The molecule has 1 aliphatic rings. The van der Waals surface area contributed by atoms with Gasteiger partial charge in [0.15, 0.2) is 0 Å². The maximum Gasteiger partial charge on any atom is 0.406 e. The van der Waals surface area contributed by atoms with Gasteiger partial charge in [0.1, 0.15) is 6.54 Å². The third-order valence-corrected chi connectivity index (χ3v) is 6.26. The third-order valence-electron chi connectivity index (χ3n) is 5.00. The minimum Gasteiger partial charge on any atom is -0.303 e. The Hall–Kier alpha value is -2.55. The number of hydrogen-bond acceptors (Lipinski definition) is 3. The molecule has 30 heavy (non-hydrogen) atoms. The molecule has 1 heterocycles. The summed E-state index contributed by atoms with van der Waals surface area (Å²) in [5.41, 5.74) is 1.78. The van der Waals surface area contributed by atoms with Crippen molar-refractivity contribution in [2.24, 2.45) is 0 Å². The van der Waals surface area contributed by atoms with Gasteiger partial charge in [-0.1, -0.05) is 43.7 Å². The van der Waals surface area contributed by atoms with Gasteiger partial charge in [-0.15, -0.1) is 0 Å². The first-order chi connectivity index (χ1) is 13.8. The summed E-state index contributed by atoms with van der Waals surface area (Å²) >= 11 is 0. The fourth-order valence-electron chi connectivity index (χ4n) is 3.55. The van der Waals surface area contributed by atoms with Crippen molar-refractivity contribution >= 4 is 27.3 Å². The Labute approximate surface area is 173 Å². The van der Waals surface area contributed by atoms with Gasteiger partial charge in [-0.2, -0.15) is 13.2 Å². The van der Waals surface area contributed by atoms with E-state index in [1.807, 2.05) is 19.1 Å². The highest BCUT2D eigenvalue weighted by molar-refractivity contribution is 7.91. The molecular formula is C21H23F3N2O3S. The van der Waals surface area contributed by atoms with Gasteiger partial charge in [0.05, 0.1) is 5.75 Å². The van der Waals surface area contributed by atoms with E-state index in [0.29, 0.717) is 16.0 Å². The van der Waals surface area contributed by atoms with Crippen LogP contribution >= 0.6 is 0 Å². The van der Waals surface area contributed by atoms with Crippen LogP contribution in [-0.2, 0) is 26.0 Å². The first-order valence-corrected chi connectivity index (χ1v) is 11.0. The van der Waals surface area contributed by atoms with Crippen molar-refractivity contribution < 1.29 is 26.4 Å². The number of amides is 1. The molecule has 0 aromatic heterocycles. The Kier molecular flexibility index (Phi) is 5.62. The molecule has 5 nitrogen and oxygen atoms in total. The maximum atomic E-state index is 12.9. The highest BCUT2D eigenvalue weighted by Crippen LogP contribution is 2.42. The number of sulfonamides is 1. The van der Waals surface area contributed by atoms with Crippen molar-refractivity contribution in [3.63, 3.8) is 0 Å². The van der Waals surface area contributed by atoms with Gasteiger partial charge in [-0.05, 0) is 36.2 Å². The van der Waals surface area contributed by atoms with Gasteiger partial charge < -0.3 is 4.90 Å². The summed E-state index contributed by atoms with van der Waals surface area (Å²) in [7, 11) is -3.73. The van der Waals surface area contributed by atoms with Gasteiger partial charge in [0.2, 0.25) is 15.9 Å². The maximum absolute atomic E-state index is 12.9. The summed E-state index contributed by atoms with van der Waals surface area (Å²) in [6.07, 6.45) is -4.64. The van der Waals surface area contributed by atoms with Crippen molar-refractivity contribution in [1.29, 1.82) is 0 Å². The molecule has 3 rings (SSSR count). The molecule has 0 atom stereocenters. The molecule has 0 spiro atoms. The lowest BCUT2D eigenvalue weighted by Gasteiger charge is -2.39. The van der Waals surface area contributed by atoms with Crippen LogP contribution in [0.2, 0.25) is 0 Å². The van der Waals surface area contributed by atoms with Crippen LogP contribution in [-0.4, -0.2) is 27.0 Å². The second kappa shape index (κ2) is 7.61. The van der Waals surface area contributed by atoms with Crippen molar-refractivity contribution in [3.8, 4) is 0 Å². The molecule has 2 aromatic carbocycles. The largest absolute Gasteiger partial charge is 0.406 e. The number of alkyl halides is 3. The molecule has 0 bridgehead atoms. The monoisotopic (exact) mass is 440 g/mol. The van der Waals surface area contributed by atoms with Crippen molar-refractivity contribution in [2.45, 2.75) is 44.5 Å². The average molecular weight is 440 g/mol. The van der Waals surface area contributed by atoms with E-state index in [2.05, 4.69) is 4.72 Å². The number of rotatable bonds is 5. The van der Waals surface area contributed by atoms with Crippen LogP contribution in [0.5, 0.6) is 0 Å². The minimum absolute atomic E-state index is 0.102. The van der Waals surface area contributed by atoms with E-state index >= 15 is 0 Å². The SMILES string of the molecule is Cc1ccc(CS(=O)(=O)Nc2ccc3c(c2)C(C)(C)CC(=O)N3CC(F)(F)F)cc1. The van der Waals surface area contributed by atoms with E-state index in [0.717, 1.165) is 5.56 Å². The van der Waals surface area contributed by atoms with Crippen LogP contribution in [0.15, 0.2) is 42.5 Å². The summed E-state index contributed by atoms with van der Waals surface area (Å²) < 4.78 is 66.5. The zero-order valence-corrected chi connectivity index (χ0v) is 17.7. The van der Waals surface area contributed by atoms with Crippen molar-refractivity contribution in [2.75, 3.05) is 16.2 Å². The molecule has 0 fully saturated rings. The summed E-state index contributed by atoms with van der Waals surface area (Å²) in [5, 5.41) is 0. The number of nitrogens with zero attached hydrogens (tertiary/aromatic N) is 1. The van der Waals surface area contributed by atoms with Gasteiger partial charge in [-0.25, -0.2) is 8.42 Å². The smallest absolute Gasteiger partial charge is 0.303 e. The molecule has 1 amide bonds. The molecule has 0 aliphatic carbocycles. The van der Waals surface area contributed by atoms with Crippen LogP contribution in [0, 0.1) is 6.92 Å². The number of nitrogens with one attached hydrogen (secondary N) is 1. The van der Waals surface area contributed by atoms with E-state index in [1.165, 1.54) is 18.2 Å². The second-order valence-electron chi connectivity index (χ2n) is 8.23. The highest BCUT2D eigenvalue weighted by atomic mass is 32.2. The van der Waals surface area contributed by atoms with Crippen LogP contribution in [0.25, 0.3) is 0 Å². The average Bonchev–Trinajstić information content (AvgIpc) is 2.59. The Morgan fingerprint density at radius 3 is 2.33 bits per heavy atom. The Morgan fingerprint density at radius 1 is 1.10 bits per heavy atom. The molecule has 1 aliphatic heterocycles. The number of fused-ring (bicyclic) bond motifs is 1. The van der Waals surface area contributed by atoms with Crippen LogP contribution in [0.4, 0.5) is 24.5 Å². The summed E-state index contributed by atoms with van der Waals surface area (Å²) in [6, 6.07) is 11.3. The van der Waals surface area contributed by atoms with E-state index in [1.54, 1.807) is 26.0 Å². The van der Waals surface area contributed by atoms with Gasteiger partial charge >= 0.3 is 6.18 Å². The van der Waals surface area contributed by atoms with Gasteiger partial charge in [0, 0.05) is 23.2 Å². The van der Waals surface area contributed by atoms with Crippen LogP contribution in [0.1, 0.15) is 37.0 Å². The number of aryl methyl sites for hydroxylation is 1. The zero-order chi connectivity index (χ0) is 22.3. The lowest BCUT2D eigenvalue weighted by molar-refractivity contribution is -0.133. The normalized spacial score (nSPS) is 16.3. The molecule has 0 radical (unpaired) electrons. The third kappa shape index (κ3) is 5.13. The number of carbonyl (C=O) groups is 1. The number of anilines is 2. The Balaban J connectivity index is 1.90. The number of benzene rings is 2.